The number of Topliss-reactive ketones (excluding diaryl/α,β-unsaturated/α-hetero) is 1. The van der Waals surface area contributed by atoms with Crippen LogP contribution in [0.25, 0.3) is 0 Å². The first-order valence-electron chi connectivity index (χ1n) is 4.92. The summed E-state index contributed by atoms with van der Waals surface area (Å²) in [6, 6.07) is 0.372. The molecule has 76 valence electrons. The zero-order valence-corrected chi connectivity index (χ0v) is 8.75. The highest BCUT2D eigenvalue weighted by Crippen LogP contribution is 2.19. The molecule has 3 heteroatoms. The molecular formula is C10H19NO2. The maximum absolute atomic E-state index is 11.4. The van der Waals surface area contributed by atoms with Crippen LogP contribution in [0.3, 0.4) is 0 Å². The lowest BCUT2D eigenvalue weighted by atomic mass is 9.91. The Balaban J connectivity index is 2.44. The molecule has 0 aliphatic carbocycles. The van der Waals surface area contributed by atoms with Gasteiger partial charge in [0.25, 0.3) is 0 Å². The van der Waals surface area contributed by atoms with Gasteiger partial charge in [0.05, 0.1) is 6.61 Å². The molecule has 0 bridgehead atoms. The van der Waals surface area contributed by atoms with Gasteiger partial charge >= 0.3 is 0 Å². The Labute approximate surface area is 80.1 Å². The number of ether oxygens (including phenoxy) is 1. The molecule has 0 unspecified atom stereocenters. The number of hydrogen-bond donors (Lipinski definition) is 0. The van der Waals surface area contributed by atoms with Crippen LogP contribution in [0.4, 0.5) is 0 Å². The summed E-state index contributed by atoms with van der Waals surface area (Å²) in [5.74, 6) is 0.590. The monoisotopic (exact) mass is 185 g/mol. The second kappa shape index (κ2) is 4.72. The van der Waals surface area contributed by atoms with Gasteiger partial charge in [0.1, 0.15) is 5.78 Å². The van der Waals surface area contributed by atoms with Gasteiger partial charge in [-0.25, -0.2) is 0 Å². The summed E-state index contributed by atoms with van der Waals surface area (Å²) in [5, 5.41) is 0. The number of piperidine rings is 1. The van der Waals surface area contributed by atoms with Gasteiger partial charge < -0.3 is 4.74 Å². The number of carbonyl (C=O) groups excluding carboxylic acids is 1. The van der Waals surface area contributed by atoms with E-state index in [4.69, 9.17) is 4.74 Å². The van der Waals surface area contributed by atoms with E-state index in [0.717, 1.165) is 19.7 Å². The third-order valence-electron chi connectivity index (χ3n) is 3.04. The number of ketones is 1. The molecule has 0 aromatic carbocycles. The summed E-state index contributed by atoms with van der Waals surface area (Å²) < 4.78 is 5.03. The summed E-state index contributed by atoms with van der Waals surface area (Å²) in [6.07, 6.45) is 0.704. The highest BCUT2D eigenvalue weighted by atomic mass is 16.5. The van der Waals surface area contributed by atoms with Gasteiger partial charge in [0, 0.05) is 38.6 Å². The molecule has 0 radical (unpaired) electrons. The van der Waals surface area contributed by atoms with E-state index in [0.29, 0.717) is 18.2 Å². The fourth-order valence-electron chi connectivity index (χ4n) is 1.79. The zero-order valence-electron chi connectivity index (χ0n) is 8.75. The topological polar surface area (TPSA) is 29.5 Å². The minimum Gasteiger partial charge on any atom is -0.383 e. The summed E-state index contributed by atoms with van der Waals surface area (Å²) >= 11 is 0. The van der Waals surface area contributed by atoms with Gasteiger partial charge in [0.15, 0.2) is 0 Å². The van der Waals surface area contributed by atoms with Crippen LogP contribution >= 0.6 is 0 Å². The van der Waals surface area contributed by atoms with Crippen molar-refractivity contribution in [3.05, 3.63) is 0 Å². The van der Waals surface area contributed by atoms with E-state index >= 15 is 0 Å². The largest absolute Gasteiger partial charge is 0.383 e. The highest BCUT2D eigenvalue weighted by molar-refractivity contribution is 5.82. The Morgan fingerprint density at radius 3 is 2.85 bits per heavy atom. The van der Waals surface area contributed by atoms with Crippen molar-refractivity contribution in [1.82, 2.24) is 4.90 Å². The average molecular weight is 185 g/mol. The molecule has 2 atom stereocenters. The van der Waals surface area contributed by atoms with Crippen LogP contribution in [-0.2, 0) is 9.53 Å². The smallest absolute Gasteiger partial charge is 0.138 e. The van der Waals surface area contributed by atoms with Crippen LogP contribution in [-0.4, -0.2) is 43.5 Å². The SMILES string of the molecule is COCCN1CCC(=O)[C@H](C)[C@@H]1C. The number of nitrogens with zero attached hydrogens (tertiary/aromatic N) is 1. The van der Waals surface area contributed by atoms with Gasteiger partial charge in [-0.2, -0.15) is 0 Å². The van der Waals surface area contributed by atoms with Gasteiger partial charge in [-0.3, -0.25) is 9.69 Å². The van der Waals surface area contributed by atoms with E-state index < -0.39 is 0 Å². The number of likely N-dealkylation sites (tertiary alicyclic amines) is 1. The molecule has 0 saturated carbocycles. The Kier molecular flexibility index (Phi) is 3.88. The van der Waals surface area contributed by atoms with Crippen molar-refractivity contribution in [1.29, 1.82) is 0 Å². The summed E-state index contributed by atoms with van der Waals surface area (Å²) in [7, 11) is 1.71. The lowest BCUT2D eigenvalue weighted by molar-refractivity contribution is -0.128. The van der Waals surface area contributed by atoms with Crippen LogP contribution in [0.1, 0.15) is 20.3 Å². The summed E-state index contributed by atoms with van der Waals surface area (Å²) in [4.78, 5) is 13.7. The number of methoxy groups -OCH3 is 1. The lowest BCUT2D eigenvalue weighted by Crippen LogP contribution is -2.47. The van der Waals surface area contributed by atoms with E-state index in [-0.39, 0.29) is 5.92 Å². The molecule has 1 saturated heterocycles. The predicted molar refractivity (Wildman–Crippen MR) is 51.7 cm³/mol. The minimum absolute atomic E-state index is 0.186. The van der Waals surface area contributed by atoms with E-state index in [1.54, 1.807) is 7.11 Å². The Hall–Kier alpha value is -0.410. The average Bonchev–Trinajstić information content (AvgIpc) is 2.13. The summed E-state index contributed by atoms with van der Waals surface area (Å²) in [6.45, 7) is 6.73. The predicted octanol–water partition coefficient (Wildman–Crippen LogP) is 0.932. The number of rotatable bonds is 3. The van der Waals surface area contributed by atoms with Gasteiger partial charge in [-0.1, -0.05) is 6.92 Å². The summed E-state index contributed by atoms with van der Waals surface area (Å²) in [5.41, 5.74) is 0. The second-order valence-electron chi connectivity index (χ2n) is 3.77. The molecule has 1 fully saturated rings. The quantitative estimate of drug-likeness (QED) is 0.655. The van der Waals surface area contributed by atoms with Crippen molar-refractivity contribution in [3.63, 3.8) is 0 Å². The van der Waals surface area contributed by atoms with Crippen LogP contribution in [0.15, 0.2) is 0 Å². The standard InChI is InChI=1S/C10H19NO2/c1-8-9(2)11(6-7-13-3)5-4-10(8)12/h8-9H,4-7H2,1-3H3/t8-,9+/m1/s1. The van der Waals surface area contributed by atoms with Crippen molar-refractivity contribution >= 4 is 5.78 Å². The molecule has 0 N–H and O–H groups in total. The fourth-order valence-corrected chi connectivity index (χ4v) is 1.79. The van der Waals surface area contributed by atoms with Crippen molar-refractivity contribution in [2.75, 3.05) is 26.8 Å². The maximum atomic E-state index is 11.4. The molecule has 3 nitrogen and oxygen atoms in total. The van der Waals surface area contributed by atoms with E-state index in [2.05, 4.69) is 11.8 Å². The molecule has 1 aliphatic heterocycles. The molecule has 0 aromatic rings. The maximum Gasteiger partial charge on any atom is 0.138 e. The first-order valence-corrected chi connectivity index (χ1v) is 4.92. The zero-order chi connectivity index (χ0) is 9.84. The molecule has 0 aromatic heterocycles. The van der Waals surface area contributed by atoms with Gasteiger partial charge in [-0.05, 0) is 6.92 Å². The molecule has 0 amide bonds. The normalized spacial score (nSPS) is 30.8. The molecule has 0 spiro atoms. The Morgan fingerprint density at radius 2 is 2.23 bits per heavy atom. The molecule has 13 heavy (non-hydrogen) atoms. The third-order valence-corrected chi connectivity index (χ3v) is 3.04. The Bertz CT molecular complexity index is 182. The minimum atomic E-state index is 0.186. The number of hydrogen-bond acceptors (Lipinski definition) is 3. The second-order valence-corrected chi connectivity index (χ2v) is 3.77. The third kappa shape index (κ3) is 2.51. The highest BCUT2D eigenvalue weighted by Gasteiger charge is 2.29. The van der Waals surface area contributed by atoms with Crippen LogP contribution in [0.5, 0.6) is 0 Å². The molecule has 1 rings (SSSR count). The van der Waals surface area contributed by atoms with Gasteiger partial charge in [0.2, 0.25) is 0 Å². The van der Waals surface area contributed by atoms with Crippen molar-refractivity contribution < 1.29 is 9.53 Å². The van der Waals surface area contributed by atoms with Crippen molar-refractivity contribution in [2.24, 2.45) is 5.92 Å². The fraction of sp³-hybridized carbons (Fsp3) is 0.900. The van der Waals surface area contributed by atoms with E-state index in [1.165, 1.54) is 0 Å². The lowest BCUT2D eigenvalue weighted by Gasteiger charge is -2.36. The van der Waals surface area contributed by atoms with Gasteiger partial charge in [-0.15, -0.1) is 0 Å². The van der Waals surface area contributed by atoms with E-state index in [1.807, 2.05) is 6.92 Å². The van der Waals surface area contributed by atoms with Crippen LogP contribution in [0.2, 0.25) is 0 Å². The first kappa shape index (κ1) is 10.7. The van der Waals surface area contributed by atoms with Crippen LogP contribution < -0.4 is 0 Å². The first-order chi connectivity index (χ1) is 6.16. The molecule has 1 aliphatic rings. The molecular weight excluding hydrogens is 166 g/mol. The van der Waals surface area contributed by atoms with Crippen molar-refractivity contribution in [2.45, 2.75) is 26.3 Å². The van der Waals surface area contributed by atoms with Crippen molar-refractivity contribution in [3.8, 4) is 0 Å². The molecule has 1 heterocycles. The van der Waals surface area contributed by atoms with E-state index in [9.17, 15) is 4.79 Å². The van der Waals surface area contributed by atoms with Crippen LogP contribution in [0, 0.1) is 5.92 Å². The number of carbonyl (C=O) groups is 1. The Morgan fingerprint density at radius 1 is 1.54 bits per heavy atom.